The molecule has 3 rings (SSSR count). The average Bonchev–Trinajstić information content (AvgIpc) is 3.01. The number of benzene rings is 1. The molecule has 2 aromatic heterocycles. The highest BCUT2D eigenvalue weighted by Crippen LogP contribution is 2.23. The van der Waals surface area contributed by atoms with Crippen molar-refractivity contribution in [2.75, 3.05) is 13.2 Å². The number of hydrogen-bond donors (Lipinski definition) is 0. The van der Waals surface area contributed by atoms with Gasteiger partial charge in [-0.15, -0.1) is 0 Å². The molecule has 0 fully saturated rings. The molecule has 1 aromatic carbocycles. The van der Waals surface area contributed by atoms with E-state index in [0.29, 0.717) is 28.7 Å². The summed E-state index contributed by atoms with van der Waals surface area (Å²) < 4.78 is 12.1. The standard InChI is InChI=1S/C20H20N2O4/c1-3-25-19(23)15-10-17-18(21-11-15)16(20(24)26-4-2)13-22(17)12-14-8-6-5-7-9-14/h5-11,13H,3-4,12H2,1-2H3. The highest BCUT2D eigenvalue weighted by Gasteiger charge is 2.19. The van der Waals surface area contributed by atoms with Gasteiger partial charge in [0.25, 0.3) is 0 Å². The molecule has 0 aliphatic rings. The highest BCUT2D eigenvalue weighted by atomic mass is 16.5. The molecule has 6 nitrogen and oxygen atoms in total. The van der Waals surface area contributed by atoms with Crippen LogP contribution in [-0.4, -0.2) is 34.7 Å². The molecule has 0 amide bonds. The summed E-state index contributed by atoms with van der Waals surface area (Å²) in [6.45, 7) is 4.62. The second-order valence-electron chi connectivity index (χ2n) is 5.69. The number of ether oxygens (including phenoxy) is 2. The summed E-state index contributed by atoms with van der Waals surface area (Å²) in [7, 11) is 0. The van der Waals surface area contributed by atoms with E-state index in [0.717, 1.165) is 5.56 Å². The number of fused-ring (bicyclic) bond motifs is 1. The Balaban J connectivity index is 2.09. The molecule has 0 N–H and O–H groups in total. The van der Waals surface area contributed by atoms with Crippen LogP contribution in [0.2, 0.25) is 0 Å². The molecule has 134 valence electrons. The van der Waals surface area contributed by atoms with Crippen molar-refractivity contribution in [3.8, 4) is 0 Å². The Morgan fingerprint density at radius 3 is 2.42 bits per heavy atom. The maximum Gasteiger partial charge on any atom is 0.341 e. The van der Waals surface area contributed by atoms with E-state index in [9.17, 15) is 9.59 Å². The van der Waals surface area contributed by atoms with Crippen LogP contribution in [0.4, 0.5) is 0 Å². The van der Waals surface area contributed by atoms with Crippen molar-refractivity contribution in [1.29, 1.82) is 0 Å². The zero-order valence-electron chi connectivity index (χ0n) is 14.8. The fourth-order valence-electron chi connectivity index (χ4n) is 2.76. The van der Waals surface area contributed by atoms with Crippen LogP contribution in [0.25, 0.3) is 11.0 Å². The van der Waals surface area contributed by atoms with Crippen molar-refractivity contribution in [2.45, 2.75) is 20.4 Å². The molecule has 0 saturated heterocycles. The first-order valence-corrected chi connectivity index (χ1v) is 8.51. The fourth-order valence-corrected chi connectivity index (χ4v) is 2.76. The number of pyridine rings is 1. The zero-order valence-corrected chi connectivity index (χ0v) is 14.8. The van der Waals surface area contributed by atoms with E-state index in [1.54, 1.807) is 26.1 Å². The zero-order chi connectivity index (χ0) is 18.5. The second-order valence-corrected chi connectivity index (χ2v) is 5.69. The third kappa shape index (κ3) is 3.59. The largest absolute Gasteiger partial charge is 0.462 e. The van der Waals surface area contributed by atoms with E-state index in [1.165, 1.54) is 6.20 Å². The van der Waals surface area contributed by atoms with Crippen molar-refractivity contribution < 1.29 is 19.1 Å². The molecule has 3 aromatic rings. The number of carbonyl (C=O) groups excluding carboxylic acids is 2. The number of aromatic nitrogens is 2. The molecular formula is C20H20N2O4. The molecule has 0 aliphatic heterocycles. The van der Waals surface area contributed by atoms with Crippen LogP contribution >= 0.6 is 0 Å². The lowest BCUT2D eigenvalue weighted by Gasteiger charge is -2.06. The Morgan fingerprint density at radius 1 is 1.04 bits per heavy atom. The van der Waals surface area contributed by atoms with Gasteiger partial charge in [0.15, 0.2) is 0 Å². The van der Waals surface area contributed by atoms with Gasteiger partial charge in [0.2, 0.25) is 0 Å². The van der Waals surface area contributed by atoms with Gasteiger partial charge in [0.05, 0.1) is 24.3 Å². The molecule has 0 unspecified atom stereocenters. The minimum absolute atomic E-state index is 0.283. The van der Waals surface area contributed by atoms with Gasteiger partial charge in [-0.1, -0.05) is 30.3 Å². The lowest BCUT2D eigenvalue weighted by Crippen LogP contribution is -2.06. The predicted octanol–water partition coefficient (Wildman–Crippen LogP) is 3.44. The molecular weight excluding hydrogens is 332 g/mol. The SMILES string of the molecule is CCOC(=O)c1cnc2c(C(=O)OCC)cn(Cc3ccccc3)c2c1. The van der Waals surface area contributed by atoms with Gasteiger partial charge in [-0.05, 0) is 25.5 Å². The van der Waals surface area contributed by atoms with Crippen LogP contribution in [0.1, 0.15) is 40.1 Å². The third-order valence-electron chi connectivity index (χ3n) is 3.92. The topological polar surface area (TPSA) is 70.4 Å². The summed E-state index contributed by atoms with van der Waals surface area (Å²) in [4.78, 5) is 28.6. The smallest absolute Gasteiger partial charge is 0.341 e. The summed E-state index contributed by atoms with van der Waals surface area (Å²) in [6.07, 6.45) is 3.15. The Bertz CT molecular complexity index is 932. The van der Waals surface area contributed by atoms with E-state index in [2.05, 4.69) is 4.98 Å². The molecule has 0 aliphatic carbocycles. The lowest BCUT2D eigenvalue weighted by atomic mass is 10.2. The minimum atomic E-state index is -0.438. The summed E-state index contributed by atoms with van der Waals surface area (Å²) in [5.74, 6) is -0.868. The van der Waals surface area contributed by atoms with Gasteiger partial charge in [-0.3, -0.25) is 4.98 Å². The first-order valence-electron chi connectivity index (χ1n) is 8.51. The van der Waals surface area contributed by atoms with Crippen LogP contribution in [0.15, 0.2) is 48.8 Å². The van der Waals surface area contributed by atoms with E-state index in [-0.39, 0.29) is 13.2 Å². The van der Waals surface area contributed by atoms with Crippen molar-refractivity contribution in [3.05, 3.63) is 65.5 Å². The number of esters is 2. The van der Waals surface area contributed by atoms with Gasteiger partial charge in [0, 0.05) is 18.9 Å². The quantitative estimate of drug-likeness (QED) is 0.636. The number of nitrogens with zero attached hydrogens (tertiary/aromatic N) is 2. The van der Waals surface area contributed by atoms with Crippen LogP contribution in [0, 0.1) is 0 Å². The van der Waals surface area contributed by atoms with Gasteiger partial charge in [0.1, 0.15) is 11.1 Å². The molecule has 2 heterocycles. The Labute approximate surface area is 151 Å². The summed E-state index contributed by atoms with van der Waals surface area (Å²) in [5.41, 5.74) is 2.99. The van der Waals surface area contributed by atoms with Crippen LogP contribution < -0.4 is 0 Å². The number of hydrogen-bond acceptors (Lipinski definition) is 5. The molecule has 0 saturated carbocycles. The maximum absolute atomic E-state index is 12.3. The number of carbonyl (C=O) groups is 2. The van der Waals surface area contributed by atoms with Gasteiger partial charge < -0.3 is 14.0 Å². The first kappa shape index (κ1) is 17.7. The van der Waals surface area contributed by atoms with E-state index in [4.69, 9.17) is 9.47 Å². The second kappa shape index (κ2) is 7.82. The van der Waals surface area contributed by atoms with E-state index >= 15 is 0 Å². The molecule has 0 spiro atoms. The molecule has 6 heteroatoms. The molecule has 0 radical (unpaired) electrons. The van der Waals surface area contributed by atoms with Crippen LogP contribution in [0.3, 0.4) is 0 Å². The lowest BCUT2D eigenvalue weighted by molar-refractivity contribution is 0.0518. The maximum atomic E-state index is 12.3. The van der Waals surface area contributed by atoms with Crippen molar-refractivity contribution in [2.24, 2.45) is 0 Å². The normalized spacial score (nSPS) is 10.7. The molecule has 0 bridgehead atoms. The van der Waals surface area contributed by atoms with E-state index in [1.807, 2.05) is 34.9 Å². The Morgan fingerprint density at radius 2 is 1.73 bits per heavy atom. The monoisotopic (exact) mass is 352 g/mol. The Hall–Kier alpha value is -3.15. The van der Waals surface area contributed by atoms with Crippen molar-refractivity contribution in [1.82, 2.24) is 9.55 Å². The van der Waals surface area contributed by atoms with Crippen molar-refractivity contribution >= 4 is 23.0 Å². The predicted molar refractivity (Wildman–Crippen MR) is 97.2 cm³/mol. The van der Waals surface area contributed by atoms with Gasteiger partial charge in [-0.25, -0.2) is 9.59 Å². The van der Waals surface area contributed by atoms with E-state index < -0.39 is 11.9 Å². The van der Waals surface area contributed by atoms with Crippen LogP contribution in [0.5, 0.6) is 0 Å². The fraction of sp³-hybridized carbons (Fsp3) is 0.250. The molecule has 0 atom stereocenters. The minimum Gasteiger partial charge on any atom is -0.462 e. The third-order valence-corrected chi connectivity index (χ3v) is 3.92. The van der Waals surface area contributed by atoms with Gasteiger partial charge in [-0.2, -0.15) is 0 Å². The number of rotatable bonds is 6. The van der Waals surface area contributed by atoms with Gasteiger partial charge >= 0.3 is 11.9 Å². The average molecular weight is 352 g/mol. The summed E-state index contributed by atoms with van der Waals surface area (Å²) in [5, 5.41) is 0. The highest BCUT2D eigenvalue weighted by molar-refractivity contribution is 6.04. The summed E-state index contributed by atoms with van der Waals surface area (Å²) >= 11 is 0. The molecule has 26 heavy (non-hydrogen) atoms. The van der Waals surface area contributed by atoms with Crippen LogP contribution in [-0.2, 0) is 16.0 Å². The first-order chi connectivity index (χ1) is 12.6. The Kier molecular flexibility index (Phi) is 5.31. The van der Waals surface area contributed by atoms with Crippen molar-refractivity contribution in [3.63, 3.8) is 0 Å². The summed E-state index contributed by atoms with van der Waals surface area (Å²) in [6, 6.07) is 11.6.